The van der Waals surface area contributed by atoms with E-state index in [2.05, 4.69) is 0 Å². The van der Waals surface area contributed by atoms with Gasteiger partial charge in [-0.05, 0) is 6.07 Å². The quantitative estimate of drug-likeness (QED) is 0.793. The van der Waals surface area contributed by atoms with Crippen molar-refractivity contribution in [3.63, 3.8) is 0 Å². The molecule has 94 valence electrons. The lowest BCUT2D eigenvalue weighted by molar-refractivity contribution is -0.132. The Morgan fingerprint density at radius 3 is 2.83 bits per heavy atom. The molecule has 0 saturated heterocycles. The number of fused-ring (bicyclic) bond motifs is 1. The predicted octanol–water partition coefficient (Wildman–Crippen LogP) is 1.05. The van der Waals surface area contributed by atoms with Gasteiger partial charge in [-0.3, -0.25) is 4.79 Å². The summed E-state index contributed by atoms with van der Waals surface area (Å²) >= 11 is 0. The highest BCUT2D eigenvalue weighted by Gasteiger charge is 2.17. The molecule has 1 aliphatic heterocycles. The largest absolute Gasteiger partial charge is 0.491 e. The first-order valence-electron chi connectivity index (χ1n) is 5.57. The number of para-hydroxylation sites is 1. The van der Waals surface area contributed by atoms with E-state index in [1.54, 1.807) is 4.90 Å². The molecule has 0 fully saturated rings. The smallest absolute Gasteiger partial charge is 0.328 e. The number of nitrogens with zero attached hydrogens (tertiary/aromatic N) is 1. The molecule has 0 aliphatic carbocycles. The van der Waals surface area contributed by atoms with Crippen molar-refractivity contribution in [2.75, 3.05) is 13.2 Å². The molecule has 1 aromatic carbocycles. The van der Waals surface area contributed by atoms with Crippen LogP contribution in [0.15, 0.2) is 36.4 Å². The summed E-state index contributed by atoms with van der Waals surface area (Å²) in [5.74, 6) is -0.678. The summed E-state index contributed by atoms with van der Waals surface area (Å²) in [4.78, 5) is 23.7. The van der Waals surface area contributed by atoms with Crippen LogP contribution in [-0.4, -0.2) is 35.0 Å². The van der Waals surface area contributed by atoms with Crippen LogP contribution in [0.3, 0.4) is 0 Å². The van der Waals surface area contributed by atoms with Crippen molar-refractivity contribution in [2.24, 2.45) is 0 Å². The Bertz CT molecular complexity index is 496. The van der Waals surface area contributed by atoms with Crippen molar-refractivity contribution in [2.45, 2.75) is 6.54 Å². The van der Waals surface area contributed by atoms with Crippen molar-refractivity contribution in [3.8, 4) is 5.75 Å². The fraction of sp³-hybridized carbons (Fsp3) is 0.231. The average Bonchev–Trinajstić information content (AvgIpc) is 2.57. The average molecular weight is 247 g/mol. The number of carbonyl (C=O) groups is 2. The third-order valence-electron chi connectivity index (χ3n) is 2.63. The molecule has 1 aliphatic rings. The SMILES string of the molecule is O=C(O)C=CC(=O)N1CCOc2ccccc2C1. The lowest BCUT2D eigenvalue weighted by Crippen LogP contribution is -2.31. The first-order chi connectivity index (χ1) is 8.66. The summed E-state index contributed by atoms with van der Waals surface area (Å²) in [7, 11) is 0. The molecule has 1 heterocycles. The third kappa shape index (κ3) is 2.88. The van der Waals surface area contributed by atoms with E-state index in [1.807, 2.05) is 24.3 Å². The van der Waals surface area contributed by atoms with E-state index in [4.69, 9.17) is 9.84 Å². The molecule has 1 aromatic rings. The van der Waals surface area contributed by atoms with Crippen LogP contribution in [0.25, 0.3) is 0 Å². The van der Waals surface area contributed by atoms with Crippen molar-refractivity contribution in [3.05, 3.63) is 42.0 Å². The standard InChI is InChI=1S/C13H13NO4/c15-12(5-6-13(16)17)14-7-8-18-11-4-2-1-3-10(11)9-14/h1-6H,7-9H2,(H,16,17). The molecule has 0 radical (unpaired) electrons. The van der Waals surface area contributed by atoms with Crippen LogP contribution in [0, 0.1) is 0 Å². The Hall–Kier alpha value is -2.30. The van der Waals surface area contributed by atoms with Crippen LogP contribution in [-0.2, 0) is 16.1 Å². The van der Waals surface area contributed by atoms with E-state index in [-0.39, 0.29) is 5.91 Å². The van der Waals surface area contributed by atoms with Gasteiger partial charge in [0.1, 0.15) is 12.4 Å². The number of amides is 1. The zero-order chi connectivity index (χ0) is 13.0. The van der Waals surface area contributed by atoms with Gasteiger partial charge < -0.3 is 14.7 Å². The summed E-state index contributed by atoms with van der Waals surface area (Å²) in [5, 5.41) is 8.49. The van der Waals surface area contributed by atoms with E-state index in [9.17, 15) is 9.59 Å². The minimum atomic E-state index is -1.13. The molecule has 5 heteroatoms. The molecule has 0 unspecified atom stereocenters. The molecule has 1 amide bonds. The lowest BCUT2D eigenvalue weighted by atomic mass is 10.2. The van der Waals surface area contributed by atoms with Gasteiger partial charge >= 0.3 is 5.97 Å². The van der Waals surface area contributed by atoms with Crippen molar-refractivity contribution < 1.29 is 19.4 Å². The van der Waals surface area contributed by atoms with Gasteiger partial charge in [-0.15, -0.1) is 0 Å². The highest BCUT2D eigenvalue weighted by Crippen LogP contribution is 2.22. The second-order valence-electron chi connectivity index (χ2n) is 3.89. The summed E-state index contributed by atoms with van der Waals surface area (Å²) in [6, 6.07) is 7.50. The van der Waals surface area contributed by atoms with Crippen molar-refractivity contribution in [1.82, 2.24) is 4.90 Å². The second-order valence-corrected chi connectivity index (χ2v) is 3.89. The molecular weight excluding hydrogens is 234 g/mol. The molecule has 5 nitrogen and oxygen atoms in total. The van der Waals surface area contributed by atoms with Gasteiger partial charge in [0.05, 0.1) is 6.54 Å². The Labute approximate surface area is 104 Å². The topological polar surface area (TPSA) is 66.8 Å². The van der Waals surface area contributed by atoms with Crippen molar-refractivity contribution >= 4 is 11.9 Å². The molecule has 2 rings (SSSR count). The van der Waals surface area contributed by atoms with E-state index >= 15 is 0 Å². The summed E-state index contributed by atoms with van der Waals surface area (Å²) < 4.78 is 5.52. The zero-order valence-electron chi connectivity index (χ0n) is 9.70. The Morgan fingerprint density at radius 2 is 2.06 bits per heavy atom. The Balaban J connectivity index is 2.12. The third-order valence-corrected chi connectivity index (χ3v) is 2.63. The second kappa shape index (κ2) is 5.35. The summed E-state index contributed by atoms with van der Waals surface area (Å²) in [6.07, 6.45) is 1.91. The number of rotatable bonds is 2. The molecule has 1 N–H and O–H groups in total. The van der Waals surface area contributed by atoms with Gasteiger partial charge in [-0.2, -0.15) is 0 Å². The maximum Gasteiger partial charge on any atom is 0.328 e. The summed E-state index contributed by atoms with van der Waals surface area (Å²) in [6.45, 7) is 1.28. The number of hydrogen-bond donors (Lipinski definition) is 1. The Kier molecular flexibility index (Phi) is 3.62. The highest BCUT2D eigenvalue weighted by atomic mass is 16.5. The fourth-order valence-corrected chi connectivity index (χ4v) is 1.76. The zero-order valence-corrected chi connectivity index (χ0v) is 9.70. The first kappa shape index (κ1) is 12.2. The maximum absolute atomic E-state index is 11.8. The lowest BCUT2D eigenvalue weighted by Gasteiger charge is -2.17. The van der Waals surface area contributed by atoms with E-state index in [1.165, 1.54) is 0 Å². The predicted molar refractivity (Wildman–Crippen MR) is 64.1 cm³/mol. The Morgan fingerprint density at radius 1 is 1.28 bits per heavy atom. The normalized spacial score (nSPS) is 14.8. The molecular formula is C13H13NO4. The number of carbonyl (C=O) groups excluding carboxylic acids is 1. The van der Waals surface area contributed by atoms with Gasteiger partial charge in [0, 0.05) is 24.3 Å². The van der Waals surface area contributed by atoms with Crippen LogP contribution in [0.1, 0.15) is 5.56 Å². The number of carboxylic acid groups (broad SMARTS) is 1. The van der Waals surface area contributed by atoms with Gasteiger partial charge in [0.15, 0.2) is 0 Å². The van der Waals surface area contributed by atoms with Gasteiger partial charge in [0.2, 0.25) is 5.91 Å². The van der Waals surface area contributed by atoms with Crippen molar-refractivity contribution in [1.29, 1.82) is 0 Å². The maximum atomic E-state index is 11.8. The van der Waals surface area contributed by atoms with Gasteiger partial charge in [0.25, 0.3) is 0 Å². The number of ether oxygens (including phenoxy) is 1. The number of aliphatic carboxylic acids is 1. The highest BCUT2D eigenvalue weighted by molar-refractivity contribution is 5.93. The minimum Gasteiger partial charge on any atom is -0.491 e. The molecule has 0 bridgehead atoms. The minimum absolute atomic E-state index is 0.322. The van der Waals surface area contributed by atoms with Gasteiger partial charge in [-0.1, -0.05) is 18.2 Å². The number of hydrogen-bond acceptors (Lipinski definition) is 3. The molecule has 0 spiro atoms. The van der Waals surface area contributed by atoms with Crippen LogP contribution < -0.4 is 4.74 Å². The van der Waals surface area contributed by atoms with Crippen LogP contribution >= 0.6 is 0 Å². The van der Waals surface area contributed by atoms with E-state index in [0.29, 0.717) is 19.7 Å². The van der Waals surface area contributed by atoms with E-state index in [0.717, 1.165) is 23.5 Å². The van der Waals surface area contributed by atoms with E-state index < -0.39 is 5.97 Å². The van der Waals surface area contributed by atoms with Gasteiger partial charge in [-0.25, -0.2) is 4.79 Å². The van der Waals surface area contributed by atoms with Crippen LogP contribution in [0.4, 0.5) is 0 Å². The first-order valence-corrected chi connectivity index (χ1v) is 5.57. The van der Waals surface area contributed by atoms with Crippen LogP contribution in [0.2, 0.25) is 0 Å². The molecule has 0 aromatic heterocycles. The molecule has 0 saturated carbocycles. The van der Waals surface area contributed by atoms with Crippen LogP contribution in [0.5, 0.6) is 5.75 Å². The fourth-order valence-electron chi connectivity index (χ4n) is 1.76. The number of benzene rings is 1. The monoisotopic (exact) mass is 247 g/mol. The number of carboxylic acids is 1. The molecule has 18 heavy (non-hydrogen) atoms. The molecule has 0 atom stereocenters. The summed E-state index contributed by atoms with van der Waals surface area (Å²) in [5.41, 5.74) is 0.923.